The molecule has 0 aliphatic carbocycles. The summed E-state index contributed by atoms with van der Waals surface area (Å²) in [6.07, 6.45) is 6.41. The van der Waals surface area contributed by atoms with Gasteiger partial charge in [-0.1, -0.05) is 65.7 Å². The maximum absolute atomic E-state index is 12.5. The molecular formula is C25H32BrNO2. The number of ketones is 1. The van der Waals surface area contributed by atoms with E-state index in [4.69, 9.17) is 0 Å². The van der Waals surface area contributed by atoms with Crippen LogP contribution < -0.4 is 0 Å². The molecule has 0 radical (unpaired) electrons. The zero-order chi connectivity index (χ0) is 20.7. The summed E-state index contributed by atoms with van der Waals surface area (Å²) in [4.78, 5) is 14.8. The van der Waals surface area contributed by atoms with Gasteiger partial charge in [-0.2, -0.15) is 0 Å². The molecule has 4 heteroatoms. The monoisotopic (exact) mass is 457 g/mol. The van der Waals surface area contributed by atoms with Crippen LogP contribution in [0.1, 0.15) is 66.9 Å². The van der Waals surface area contributed by atoms with Crippen LogP contribution in [0.3, 0.4) is 0 Å². The molecule has 1 saturated heterocycles. The van der Waals surface area contributed by atoms with Crippen molar-refractivity contribution in [3.63, 3.8) is 0 Å². The molecule has 2 aromatic carbocycles. The summed E-state index contributed by atoms with van der Waals surface area (Å²) >= 11 is 3.45. The Kier molecular flexibility index (Phi) is 8.05. The third-order valence-electron chi connectivity index (χ3n) is 6.04. The molecule has 0 spiro atoms. The van der Waals surface area contributed by atoms with Gasteiger partial charge in [-0.3, -0.25) is 4.79 Å². The van der Waals surface area contributed by atoms with Gasteiger partial charge < -0.3 is 10.0 Å². The van der Waals surface area contributed by atoms with E-state index in [2.05, 4.69) is 39.9 Å². The maximum atomic E-state index is 12.5. The molecule has 1 fully saturated rings. The standard InChI is InChI=1S/C25H32BrNO2/c1-2-3-5-20-7-9-21(10-8-20)24(28)6-4-17-27-18-15-25(29,16-19-27)22-11-13-23(26)14-12-22/h7-14,29H,2-6,15-19H2,1H3. The summed E-state index contributed by atoms with van der Waals surface area (Å²) in [6.45, 7) is 4.85. The number of halogens is 1. The number of hydrogen-bond acceptors (Lipinski definition) is 3. The number of likely N-dealkylation sites (tertiary alicyclic amines) is 1. The van der Waals surface area contributed by atoms with Crippen molar-refractivity contribution in [1.29, 1.82) is 0 Å². The quantitative estimate of drug-likeness (QED) is 0.488. The van der Waals surface area contributed by atoms with Crippen molar-refractivity contribution in [2.24, 2.45) is 0 Å². The average Bonchev–Trinajstić information content (AvgIpc) is 2.74. The number of piperidine rings is 1. The Labute approximate surface area is 183 Å². The molecule has 0 atom stereocenters. The molecule has 1 aliphatic rings. The summed E-state index contributed by atoms with van der Waals surface area (Å²) in [5, 5.41) is 11.0. The molecule has 0 aromatic heterocycles. The highest BCUT2D eigenvalue weighted by molar-refractivity contribution is 9.10. The summed E-state index contributed by atoms with van der Waals surface area (Å²) in [5.41, 5.74) is 2.41. The van der Waals surface area contributed by atoms with Gasteiger partial charge in [0.1, 0.15) is 0 Å². The molecule has 2 aromatic rings. The maximum Gasteiger partial charge on any atom is 0.162 e. The van der Waals surface area contributed by atoms with Gasteiger partial charge in [0, 0.05) is 29.5 Å². The molecule has 156 valence electrons. The first-order chi connectivity index (χ1) is 14.0. The van der Waals surface area contributed by atoms with Crippen molar-refractivity contribution < 1.29 is 9.90 Å². The number of benzene rings is 2. The van der Waals surface area contributed by atoms with Crippen LogP contribution in [-0.4, -0.2) is 35.4 Å². The normalized spacial score (nSPS) is 16.7. The molecule has 1 N–H and O–H groups in total. The molecule has 0 unspecified atom stereocenters. The van der Waals surface area contributed by atoms with E-state index in [-0.39, 0.29) is 5.78 Å². The molecule has 1 aliphatic heterocycles. The lowest BCUT2D eigenvalue weighted by atomic mass is 9.84. The van der Waals surface area contributed by atoms with Crippen LogP contribution in [0.4, 0.5) is 0 Å². The Morgan fingerprint density at radius 3 is 2.31 bits per heavy atom. The average molecular weight is 458 g/mol. The fraction of sp³-hybridized carbons (Fsp3) is 0.480. The van der Waals surface area contributed by atoms with Crippen molar-refractivity contribution in [3.8, 4) is 0 Å². The van der Waals surface area contributed by atoms with Gasteiger partial charge in [0.2, 0.25) is 0 Å². The number of unbranched alkanes of at least 4 members (excludes halogenated alkanes) is 1. The highest BCUT2D eigenvalue weighted by Crippen LogP contribution is 2.33. The molecule has 1 heterocycles. The number of nitrogens with zero attached hydrogens (tertiary/aromatic N) is 1. The van der Waals surface area contributed by atoms with E-state index in [1.165, 1.54) is 18.4 Å². The third kappa shape index (κ3) is 6.24. The number of Topliss-reactive ketones (excluding diaryl/α,β-unsaturated/α-hetero) is 1. The minimum atomic E-state index is -0.730. The van der Waals surface area contributed by atoms with Gasteiger partial charge in [-0.05, 0) is 61.9 Å². The van der Waals surface area contributed by atoms with Gasteiger partial charge in [-0.25, -0.2) is 0 Å². The minimum Gasteiger partial charge on any atom is -0.385 e. The van der Waals surface area contributed by atoms with Crippen LogP contribution in [0.2, 0.25) is 0 Å². The largest absolute Gasteiger partial charge is 0.385 e. The lowest BCUT2D eigenvalue weighted by Crippen LogP contribution is -2.42. The first-order valence-corrected chi connectivity index (χ1v) is 11.6. The van der Waals surface area contributed by atoms with Gasteiger partial charge in [0.05, 0.1) is 5.60 Å². The van der Waals surface area contributed by atoms with E-state index in [1.54, 1.807) is 0 Å². The van der Waals surface area contributed by atoms with E-state index in [1.807, 2.05) is 36.4 Å². The Morgan fingerprint density at radius 2 is 1.69 bits per heavy atom. The first-order valence-electron chi connectivity index (χ1n) is 10.8. The number of carbonyl (C=O) groups is 1. The zero-order valence-electron chi connectivity index (χ0n) is 17.4. The summed E-state index contributed by atoms with van der Waals surface area (Å²) in [6, 6.07) is 16.1. The van der Waals surface area contributed by atoms with Gasteiger partial charge in [0.15, 0.2) is 5.78 Å². The fourth-order valence-corrected chi connectivity index (χ4v) is 4.31. The Balaban J connectivity index is 1.41. The summed E-state index contributed by atoms with van der Waals surface area (Å²) in [5.74, 6) is 0.232. The first kappa shape index (κ1) is 22.2. The van der Waals surface area contributed by atoms with Crippen molar-refractivity contribution in [1.82, 2.24) is 4.90 Å². The number of aliphatic hydroxyl groups is 1. The van der Waals surface area contributed by atoms with Crippen LogP contribution in [0.5, 0.6) is 0 Å². The van der Waals surface area contributed by atoms with Crippen molar-refractivity contribution in [2.45, 2.75) is 57.5 Å². The van der Waals surface area contributed by atoms with Crippen molar-refractivity contribution >= 4 is 21.7 Å². The van der Waals surface area contributed by atoms with E-state index < -0.39 is 5.60 Å². The Bertz CT molecular complexity index is 777. The van der Waals surface area contributed by atoms with E-state index >= 15 is 0 Å². The zero-order valence-corrected chi connectivity index (χ0v) is 19.0. The molecule has 0 bridgehead atoms. The molecule has 0 saturated carbocycles. The second-order valence-corrected chi connectivity index (χ2v) is 9.12. The number of hydrogen-bond donors (Lipinski definition) is 1. The molecule has 3 nitrogen and oxygen atoms in total. The molecule has 3 rings (SSSR count). The SMILES string of the molecule is CCCCc1ccc(C(=O)CCCN2CCC(O)(c3ccc(Br)cc3)CC2)cc1. The van der Waals surface area contributed by atoms with Crippen molar-refractivity contribution in [2.75, 3.05) is 19.6 Å². The van der Waals surface area contributed by atoms with Crippen LogP contribution >= 0.6 is 15.9 Å². The van der Waals surface area contributed by atoms with Gasteiger partial charge in [0.25, 0.3) is 0 Å². The van der Waals surface area contributed by atoms with Gasteiger partial charge >= 0.3 is 0 Å². The van der Waals surface area contributed by atoms with E-state index in [0.717, 1.165) is 60.9 Å². The van der Waals surface area contributed by atoms with E-state index in [9.17, 15) is 9.90 Å². The van der Waals surface area contributed by atoms with Crippen LogP contribution in [0.25, 0.3) is 0 Å². The topological polar surface area (TPSA) is 40.5 Å². The molecule has 0 amide bonds. The van der Waals surface area contributed by atoms with Gasteiger partial charge in [-0.15, -0.1) is 0 Å². The molecule has 29 heavy (non-hydrogen) atoms. The highest BCUT2D eigenvalue weighted by atomic mass is 79.9. The fourth-order valence-electron chi connectivity index (χ4n) is 4.04. The summed E-state index contributed by atoms with van der Waals surface area (Å²) in [7, 11) is 0. The van der Waals surface area contributed by atoms with Crippen LogP contribution in [0, 0.1) is 0 Å². The number of rotatable bonds is 9. The lowest BCUT2D eigenvalue weighted by Gasteiger charge is -2.38. The second-order valence-electron chi connectivity index (χ2n) is 8.21. The lowest BCUT2D eigenvalue weighted by molar-refractivity contribution is -0.0260. The Hall–Kier alpha value is -1.49. The predicted molar refractivity (Wildman–Crippen MR) is 122 cm³/mol. The number of carbonyl (C=O) groups excluding carboxylic acids is 1. The van der Waals surface area contributed by atoms with Crippen molar-refractivity contribution in [3.05, 3.63) is 69.7 Å². The predicted octanol–water partition coefficient (Wildman–Crippen LogP) is 5.74. The van der Waals surface area contributed by atoms with Crippen LogP contribution in [-0.2, 0) is 12.0 Å². The van der Waals surface area contributed by atoms with Crippen LogP contribution in [0.15, 0.2) is 53.0 Å². The minimum absolute atomic E-state index is 0.232. The second kappa shape index (κ2) is 10.5. The Morgan fingerprint density at radius 1 is 1.03 bits per heavy atom. The van der Waals surface area contributed by atoms with E-state index in [0.29, 0.717) is 6.42 Å². The molecular weight excluding hydrogens is 426 g/mol. The highest BCUT2D eigenvalue weighted by Gasteiger charge is 2.33. The summed E-state index contributed by atoms with van der Waals surface area (Å²) < 4.78 is 1.03. The number of aryl methyl sites for hydroxylation is 1. The third-order valence-corrected chi connectivity index (χ3v) is 6.57. The smallest absolute Gasteiger partial charge is 0.162 e.